The number of amides is 1. The smallest absolute Gasteiger partial charge is 0.408 e. The lowest BCUT2D eigenvalue weighted by molar-refractivity contribution is -0.186. The molecule has 7 nitrogen and oxygen atoms in total. The Morgan fingerprint density at radius 2 is 1.71 bits per heavy atom. The molecule has 31 heavy (non-hydrogen) atoms. The van der Waals surface area contributed by atoms with Gasteiger partial charge in [0.05, 0.1) is 30.4 Å². The van der Waals surface area contributed by atoms with Gasteiger partial charge in [-0.3, -0.25) is 4.79 Å². The highest BCUT2D eigenvalue weighted by Crippen LogP contribution is 2.38. The van der Waals surface area contributed by atoms with Gasteiger partial charge in [0.1, 0.15) is 11.4 Å². The molecular weight excluding hydrogens is 422 g/mol. The molecule has 8 heteroatoms. The van der Waals surface area contributed by atoms with E-state index in [9.17, 15) is 9.59 Å². The summed E-state index contributed by atoms with van der Waals surface area (Å²) in [6.07, 6.45) is 2.39. The molecule has 1 spiro atoms. The zero-order chi connectivity index (χ0) is 22.9. The maximum atomic E-state index is 12.3. The highest BCUT2D eigenvalue weighted by atomic mass is 35.5. The normalized spacial score (nSPS) is 19.3. The predicted octanol–water partition coefficient (Wildman–Crippen LogP) is 4.89. The van der Waals surface area contributed by atoms with Gasteiger partial charge in [-0.25, -0.2) is 4.79 Å². The van der Waals surface area contributed by atoms with Gasteiger partial charge in [-0.1, -0.05) is 6.07 Å². The number of nitrogens with one attached hydrogen (secondary N) is 1. The Morgan fingerprint density at radius 1 is 1.10 bits per heavy atom. The molecule has 0 atom stereocenters. The SMILES string of the molecule is CC(C)(C)OC(=O)NC(C)(C)c1ccc(C(=O)Cl)c(OC2CCC3(CC2)OCCO3)c1. The van der Waals surface area contributed by atoms with Crippen LogP contribution in [0.4, 0.5) is 4.79 Å². The number of ether oxygens (including phenoxy) is 4. The van der Waals surface area contributed by atoms with E-state index in [-0.39, 0.29) is 6.10 Å². The van der Waals surface area contributed by atoms with Gasteiger partial charge >= 0.3 is 6.09 Å². The number of carbonyl (C=O) groups excluding carboxylic acids is 2. The molecule has 1 aromatic carbocycles. The molecule has 1 N–H and O–H groups in total. The van der Waals surface area contributed by atoms with Crippen LogP contribution in [0.3, 0.4) is 0 Å². The highest BCUT2D eigenvalue weighted by molar-refractivity contribution is 6.68. The topological polar surface area (TPSA) is 83.1 Å². The fourth-order valence-electron chi connectivity index (χ4n) is 3.92. The van der Waals surface area contributed by atoms with E-state index in [0.29, 0.717) is 24.5 Å². The van der Waals surface area contributed by atoms with Crippen LogP contribution in [0.15, 0.2) is 18.2 Å². The van der Waals surface area contributed by atoms with Crippen LogP contribution in [0.5, 0.6) is 5.75 Å². The Kier molecular flexibility index (Phi) is 6.89. The highest BCUT2D eigenvalue weighted by Gasteiger charge is 2.41. The van der Waals surface area contributed by atoms with Crippen molar-refractivity contribution in [2.24, 2.45) is 0 Å². The fourth-order valence-corrected chi connectivity index (χ4v) is 4.07. The monoisotopic (exact) mass is 453 g/mol. The van der Waals surface area contributed by atoms with Crippen molar-refractivity contribution >= 4 is 22.9 Å². The molecule has 0 radical (unpaired) electrons. The Labute approximate surface area is 188 Å². The number of benzene rings is 1. The fraction of sp³-hybridized carbons (Fsp3) is 0.652. The van der Waals surface area contributed by atoms with E-state index >= 15 is 0 Å². The van der Waals surface area contributed by atoms with Crippen LogP contribution < -0.4 is 10.1 Å². The second-order valence-electron chi connectivity index (χ2n) is 9.66. The van der Waals surface area contributed by atoms with E-state index in [1.165, 1.54) is 0 Å². The molecule has 1 saturated heterocycles. The molecule has 1 aliphatic carbocycles. The Hall–Kier alpha value is -1.83. The first-order valence-corrected chi connectivity index (χ1v) is 11.1. The minimum absolute atomic E-state index is 0.0784. The lowest BCUT2D eigenvalue weighted by Crippen LogP contribution is -2.43. The Bertz CT molecular complexity index is 816. The number of hydrogen-bond acceptors (Lipinski definition) is 6. The summed E-state index contributed by atoms with van der Waals surface area (Å²) >= 11 is 5.80. The van der Waals surface area contributed by atoms with Crippen LogP contribution in [0, 0.1) is 0 Å². The molecule has 1 amide bonds. The zero-order valence-corrected chi connectivity index (χ0v) is 19.6. The molecule has 1 saturated carbocycles. The maximum Gasteiger partial charge on any atom is 0.408 e. The third-order valence-electron chi connectivity index (χ3n) is 5.53. The molecular formula is C23H32ClNO6. The van der Waals surface area contributed by atoms with Gasteiger partial charge in [0.25, 0.3) is 5.24 Å². The standard InChI is InChI=1S/C23H32ClNO6/c1-21(2,3)31-20(27)25-22(4,5)15-6-7-17(19(24)26)18(14-15)30-16-8-10-23(11-9-16)28-12-13-29-23/h6-7,14,16H,8-13H2,1-5H3,(H,25,27). The first-order chi connectivity index (χ1) is 14.4. The van der Waals surface area contributed by atoms with Gasteiger partial charge in [0.15, 0.2) is 5.79 Å². The number of halogens is 1. The molecule has 1 heterocycles. The van der Waals surface area contributed by atoms with Gasteiger partial charge in [-0.15, -0.1) is 0 Å². The largest absolute Gasteiger partial charge is 0.490 e. The molecule has 2 fully saturated rings. The minimum Gasteiger partial charge on any atom is -0.490 e. The summed E-state index contributed by atoms with van der Waals surface area (Å²) in [5.74, 6) is -0.0719. The van der Waals surface area contributed by atoms with E-state index in [0.717, 1.165) is 31.2 Å². The van der Waals surface area contributed by atoms with Crippen molar-refractivity contribution in [2.75, 3.05) is 13.2 Å². The average molecular weight is 454 g/mol. The number of carbonyl (C=O) groups is 2. The van der Waals surface area contributed by atoms with Crippen molar-refractivity contribution in [1.29, 1.82) is 0 Å². The van der Waals surface area contributed by atoms with E-state index in [2.05, 4.69) is 5.32 Å². The minimum atomic E-state index is -0.753. The number of alkyl carbamates (subject to hydrolysis) is 1. The zero-order valence-electron chi connectivity index (χ0n) is 18.9. The molecule has 3 rings (SSSR count). The van der Waals surface area contributed by atoms with Crippen LogP contribution in [-0.2, 0) is 19.7 Å². The van der Waals surface area contributed by atoms with E-state index in [4.69, 9.17) is 30.5 Å². The second kappa shape index (κ2) is 8.96. The van der Waals surface area contributed by atoms with Gasteiger partial charge in [0.2, 0.25) is 0 Å². The van der Waals surface area contributed by atoms with Crippen molar-refractivity contribution < 1.29 is 28.5 Å². The van der Waals surface area contributed by atoms with E-state index < -0.39 is 28.3 Å². The third kappa shape index (κ3) is 6.11. The molecule has 1 aliphatic heterocycles. The van der Waals surface area contributed by atoms with Gasteiger partial charge in [-0.05, 0) is 76.8 Å². The van der Waals surface area contributed by atoms with Crippen molar-refractivity contribution in [2.45, 2.75) is 83.3 Å². The first kappa shape index (κ1) is 23.8. The first-order valence-electron chi connectivity index (χ1n) is 10.7. The van der Waals surface area contributed by atoms with Crippen LogP contribution in [0.1, 0.15) is 76.2 Å². The Balaban J connectivity index is 1.74. The summed E-state index contributed by atoms with van der Waals surface area (Å²) in [5, 5.41) is 2.29. The maximum absolute atomic E-state index is 12.3. The van der Waals surface area contributed by atoms with Crippen molar-refractivity contribution in [3.8, 4) is 5.75 Å². The predicted molar refractivity (Wildman–Crippen MR) is 117 cm³/mol. The van der Waals surface area contributed by atoms with Crippen molar-refractivity contribution in [3.05, 3.63) is 29.3 Å². The summed E-state index contributed by atoms with van der Waals surface area (Å²) in [4.78, 5) is 24.2. The lowest BCUT2D eigenvalue weighted by atomic mass is 9.91. The van der Waals surface area contributed by atoms with Crippen molar-refractivity contribution in [3.63, 3.8) is 0 Å². The quantitative estimate of drug-likeness (QED) is 0.639. The molecule has 1 aromatic rings. The Morgan fingerprint density at radius 3 is 2.26 bits per heavy atom. The number of hydrogen-bond donors (Lipinski definition) is 1. The van der Waals surface area contributed by atoms with Gasteiger partial charge in [0, 0.05) is 12.8 Å². The summed E-state index contributed by atoms with van der Waals surface area (Å²) < 4.78 is 23.1. The average Bonchev–Trinajstić information content (AvgIpc) is 3.09. The molecule has 2 aliphatic rings. The summed E-state index contributed by atoms with van der Waals surface area (Å²) in [6.45, 7) is 10.4. The summed E-state index contributed by atoms with van der Waals surface area (Å²) in [6, 6.07) is 5.15. The summed E-state index contributed by atoms with van der Waals surface area (Å²) in [7, 11) is 0. The van der Waals surface area contributed by atoms with E-state index in [1.807, 2.05) is 34.6 Å². The molecule has 0 aromatic heterocycles. The molecule has 0 bridgehead atoms. The van der Waals surface area contributed by atoms with Crippen LogP contribution in [0.25, 0.3) is 0 Å². The number of rotatable bonds is 5. The van der Waals surface area contributed by atoms with Crippen LogP contribution >= 0.6 is 11.6 Å². The van der Waals surface area contributed by atoms with Gasteiger partial charge in [-0.2, -0.15) is 0 Å². The molecule has 0 unspecified atom stereocenters. The second-order valence-corrected chi connectivity index (χ2v) is 10.0. The van der Waals surface area contributed by atoms with Crippen molar-refractivity contribution in [1.82, 2.24) is 5.32 Å². The van der Waals surface area contributed by atoms with Gasteiger partial charge < -0.3 is 24.3 Å². The lowest BCUT2D eigenvalue weighted by Gasteiger charge is -2.35. The summed E-state index contributed by atoms with van der Waals surface area (Å²) in [5.41, 5.74) is -0.290. The molecule has 172 valence electrons. The van der Waals surface area contributed by atoms with E-state index in [1.54, 1.807) is 18.2 Å². The third-order valence-corrected chi connectivity index (χ3v) is 5.73. The van der Waals surface area contributed by atoms with Crippen LogP contribution in [0.2, 0.25) is 0 Å². The van der Waals surface area contributed by atoms with Crippen LogP contribution in [-0.4, -0.2) is 42.0 Å².